The molecule has 2 amide bonds. The van der Waals surface area contributed by atoms with E-state index in [4.69, 9.17) is 0 Å². The van der Waals surface area contributed by atoms with Crippen molar-refractivity contribution < 1.29 is 13.2 Å². The van der Waals surface area contributed by atoms with Crippen molar-refractivity contribution in [2.24, 2.45) is 4.40 Å². The number of carbonyl (C=O) groups excluding carboxylic acids is 1. The Labute approximate surface area is 125 Å². The van der Waals surface area contributed by atoms with Crippen molar-refractivity contribution in [3.05, 3.63) is 29.8 Å². The number of amides is 2. The average molecular weight is 309 g/mol. The van der Waals surface area contributed by atoms with Gasteiger partial charge in [0.05, 0.1) is 11.4 Å². The van der Waals surface area contributed by atoms with Gasteiger partial charge in [-0.3, -0.25) is 4.90 Å². The highest BCUT2D eigenvalue weighted by molar-refractivity contribution is 7.90. The van der Waals surface area contributed by atoms with E-state index >= 15 is 0 Å². The number of nitrogens with zero attached hydrogens (tertiary/aromatic N) is 3. The Morgan fingerprint density at radius 2 is 1.76 bits per heavy atom. The minimum absolute atomic E-state index is 0.138. The fourth-order valence-corrected chi connectivity index (χ4v) is 3.17. The molecular formula is C14H19N3O3S. The summed E-state index contributed by atoms with van der Waals surface area (Å²) in [5.74, 6) is 0.282. The lowest BCUT2D eigenvalue weighted by molar-refractivity contribution is 0.199. The normalized spacial score (nSPS) is 17.9. The zero-order valence-electron chi connectivity index (χ0n) is 12.4. The summed E-state index contributed by atoms with van der Waals surface area (Å²) in [4.78, 5) is 15.1. The van der Waals surface area contributed by atoms with Crippen LogP contribution in [0.25, 0.3) is 0 Å². The average Bonchev–Trinajstić information content (AvgIpc) is 2.74. The van der Waals surface area contributed by atoms with E-state index in [2.05, 4.69) is 4.40 Å². The molecule has 2 rings (SSSR count). The molecule has 1 aromatic rings. The van der Waals surface area contributed by atoms with Gasteiger partial charge in [0.2, 0.25) is 0 Å². The van der Waals surface area contributed by atoms with Crippen LogP contribution in [0.15, 0.2) is 33.6 Å². The van der Waals surface area contributed by atoms with Crippen molar-refractivity contribution in [1.82, 2.24) is 9.80 Å². The van der Waals surface area contributed by atoms with Crippen LogP contribution in [-0.2, 0) is 10.0 Å². The van der Waals surface area contributed by atoms with Gasteiger partial charge in [-0.15, -0.1) is 4.40 Å². The quantitative estimate of drug-likeness (QED) is 0.852. The summed E-state index contributed by atoms with van der Waals surface area (Å²) in [6.45, 7) is 6.69. The van der Waals surface area contributed by atoms with Crippen LogP contribution in [0, 0.1) is 6.92 Å². The summed E-state index contributed by atoms with van der Waals surface area (Å²) >= 11 is 0. The fraction of sp³-hybridized carbons (Fsp3) is 0.429. The van der Waals surface area contributed by atoms with Crippen LogP contribution in [0.3, 0.4) is 0 Å². The molecule has 0 saturated carbocycles. The van der Waals surface area contributed by atoms with Crippen LogP contribution in [0.1, 0.15) is 19.4 Å². The van der Waals surface area contributed by atoms with Gasteiger partial charge in [0, 0.05) is 13.1 Å². The van der Waals surface area contributed by atoms with Gasteiger partial charge in [0.15, 0.2) is 0 Å². The molecule has 0 spiro atoms. The summed E-state index contributed by atoms with van der Waals surface area (Å²) in [5, 5.41) is 0. The van der Waals surface area contributed by atoms with E-state index in [1.54, 1.807) is 24.0 Å². The van der Waals surface area contributed by atoms with E-state index in [9.17, 15) is 13.2 Å². The topological polar surface area (TPSA) is 70.1 Å². The van der Waals surface area contributed by atoms with Gasteiger partial charge in [-0.05, 0) is 32.9 Å². The fourth-order valence-electron chi connectivity index (χ4n) is 2.15. The molecule has 0 radical (unpaired) electrons. The highest BCUT2D eigenvalue weighted by Crippen LogP contribution is 2.17. The van der Waals surface area contributed by atoms with E-state index in [1.165, 1.54) is 17.0 Å². The molecule has 1 fully saturated rings. The number of aryl methyl sites for hydroxylation is 1. The first-order valence-corrected chi connectivity index (χ1v) is 8.30. The van der Waals surface area contributed by atoms with Gasteiger partial charge in [-0.1, -0.05) is 17.7 Å². The van der Waals surface area contributed by atoms with Crippen molar-refractivity contribution in [3.8, 4) is 0 Å². The summed E-state index contributed by atoms with van der Waals surface area (Å²) in [6.07, 6.45) is 0. The number of rotatable bonds is 4. The van der Waals surface area contributed by atoms with Crippen LogP contribution < -0.4 is 0 Å². The van der Waals surface area contributed by atoms with Gasteiger partial charge >= 0.3 is 6.03 Å². The zero-order valence-corrected chi connectivity index (χ0v) is 13.2. The Hall–Kier alpha value is -1.89. The first-order chi connectivity index (χ1) is 9.89. The summed E-state index contributed by atoms with van der Waals surface area (Å²) in [5.41, 5.74) is 0.977. The number of hydrogen-bond donors (Lipinski definition) is 0. The van der Waals surface area contributed by atoms with Crippen molar-refractivity contribution >= 4 is 21.9 Å². The van der Waals surface area contributed by atoms with Gasteiger partial charge in [0.25, 0.3) is 10.0 Å². The number of sulfonamides is 1. The molecule has 0 bridgehead atoms. The first-order valence-electron chi connectivity index (χ1n) is 6.86. The molecule has 0 atom stereocenters. The molecule has 114 valence electrons. The lowest BCUT2D eigenvalue weighted by Gasteiger charge is -2.14. The molecule has 0 aliphatic carbocycles. The van der Waals surface area contributed by atoms with Crippen molar-refractivity contribution in [1.29, 1.82) is 0 Å². The summed E-state index contributed by atoms with van der Waals surface area (Å²) in [7, 11) is -3.79. The van der Waals surface area contributed by atoms with Crippen LogP contribution in [-0.4, -0.2) is 49.7 Å². The number of benzene rings is 1. The largest absolute Gasteiger partial charge is 0.325 e. The smallest absolute Gasteiger partial charge is 0.317 e. The minimum atomic E-state index is -3.79. The summed E-state index contributed by atoms with van der Waals surface area (Å²) < 4.78 is 28.5. The van der Waals surface area contributed by atoms with E-state index in [0.717, 1.165) is 5.56 Å². The maximum absolute atomic E-state index is 12.3. The lowest BCUT2D eigenvalue weighted by Crippen LogP contribution is -2.33. The Balaban J connectivity index is 2.37. The monoisotopic (exact) mass is 309 g/mol. The van der Waals surface area contributed by atoms with Crippen molar-refractivity contribution in [3.63, 3.8) is 0 Å². The van der Waals surface area contributed by atoms with Crippen LogP contribution in [0.4, 0.5) is 4.79 Å². The first kappa shape index (κ1) is 15.5. The molecular weight excluding hydrogens is 290 g/mol. The third kappa shape index (κ3) is 3.07. The predicted molar refractivity (Wildman–Crippen MR) is 80.8 cm³/mol. The van der Waals surface area contributed by atoms with Gasteiger partial charge in [-0.25, -0.2) is 4.79 Å². The highest BCUT2D eigenvalue weighted by atomic mass is 32.2. The van der Waals surface area contributed by atoms with Crippen molar-refractivity contribution in [2.75, 3.05) is 19.6 Å². The predicted octanol–water partition coefficient (Wildman–Crippen LogP) is 1.86. The third-order valence-corrected chi connectivity index (χ3v) is 4.71. The zero-order chi connectivity index (χ0) is 15.6. The van der Waals surface area contributed by atoms with E-state index in [0.29, 0.717) is 13.1 Å². The Bertz CT molecular complexity index is 665. The third-order valence-electron chi connectivity index (χ3n) is 3.39. The Morgan fingerprint density at radius 3 is 2.29 bits per heavy atom. The minimum Gasteiger partial charge on any atom is -0.317 e. The van der Waals surface area contributed by atoms with Crippen LogP contribution >= 0.6 is 0 Å². The van der Waals surface area contributed by atoms with E-state index in [1.807, 2.05) is 13.8 Å². The van der Waals surface area contributed by atoms with Crippen molar-refractivity contribution in [2.45, 2.75) is 25.7 Å². The summed E-state index contributed by atoms with van der Waals surface area (Å²) in [6, 6.07) is 6.31. The molecule has 1 aromatic carbocycles. The molecule has 0 unspecified atom stereocenters. The molecule has 6 nitrogen and oxygen atoms in total. The number of amidine groups is 1. The highest BCUT2D eigenvalue weighted by Gasteiger charge is 2.33. The van der Waals surface area contributed by atoms with Crippen LogP contribution in [0.2, 0.25) is 0 Å². The Kier molecular flexibility index (Phi) is 4.32. The lowest BCUT2D eigenvalue weighted by atomic mass is 10.2. The molecule has 21 heavy (non-hydrogen) atoms. The standard InChI is InChI=1S/C14H19N3O3S/c1-4-16-10-13(17(5-2)14(16)18)15-21(19,20)12-8-6-11(3)7-9-12/h6-9H,4-5,10H2,1-3H3/b15-13-. The van der Waals surface area contributed by atoms with E-state index < -0.39 is 10.0 Å². The van der Waals surface area contributed by atoms with Gasteiger partial charge in [0.1, 0.15) is 5.84 Å². The molecule has 0 N–H and O–H groups in total. The SMILES string of the molecule is CCN1C/C(=N/S(=O)(=O)c2ccc(C)cc2)N(CC)C1=O. The maximum atomic E-state index is 12.3. The molecule has 7 heteroatoms. The second-order valence-corrected chi connectivity index (χ2v) is 6.44. The number of carbonyl (C=O) groups is 1. The maximum Gasteiger partial charge on any atom is 0.325 e. The van der Waals surface area contributed by atoms with Gasteiger partial charge in [-0.2, -0.15) is 8.42 Å². The second-order valence-electron chi connectivity index (χ2n) is 4.84. The number of hydrogen-bond acceptors (Lipinski definition) is 3. The molecule has 1 aliphatic heterocycles. The Morgan fingerprint density at radius 1 is 1.14 bits per heavy atom. The molecule has 1 heterocycles. The van der Waals surface area contributed by atoms with Gasteiger partial charge < -0.3 is 4.90 Å². The molecule has 1 saturated heterocycles. The van der Waals surface area contributed by atoms with E-state index in [-0.39, 0.29) is 23.3 Å². The molecule has 1 aliphatic rings. The number of urea groups is 1. The number of likely N-dealkylation sites (N-methyl/N-ethyl adjacent to an activating group) is 2. The van der Waals surface area contributed by atoms with Crippen LogP contribution in [0.5, 0.6) is 0 Å². The second kappa shape index (κ2) is 5.85. The molecule has 0 aromatic heterocycles.